The third-order valence-corrected chi connectivity index (χ3v) is 4.99. The SMILES string of the molecule is CO/C=C/C=C(\C)C1CC2C=C(C(C)C)C1C(=O)C2(C)O. The molecule has 4 unspecified atom stereocenters. The van der Waals surface area contributed by atoms with Gasteiger partial charge in [0.05, 0.1) is 13.4 Å². The molecule has 0 saturated heterocycles. The van der Waals surface area contributed by atoms with Gasteiger partial charge < -0.3 is 9.84 Å². The van der Waals surface area contributed by atoms with Crippen molar-refractivity contribution in [2.75, 3.05) is 7.11 Å². The van der Waals surface area contributed by atoms with E-state index in [0.29, 0.717) is 5.92 Å². The maximum Gasteiger partial charge on any atom is 0.172 e. The highest BCUT2D eigenvalue weighted by atomic mass is 16.5. The number of carbonyl (C=O) groups excluding carboxylic acids is 1. The highest BCUT2D eigenvalue weighted by Gasteiger charge is 2.55. The van der Waals surface area contributed by atoms with E-state index in [0.717, 1.165) is 6.42 Å². The van der Waals surface area contributed by atoms with Gasteiger partial charge in [-0.3, -0.25) is 4.79 Å². The second kappa shape index (κ2) is 5.80. The summed E-state index contributed by atoms with van der Waals surface area (Å²) in [7, 11) is 1.61. The number of aliphatic hydroxyl groups is 1. The van der Waals surface area contributed by atoms with Gasteiger partial charge in [0.25, 0.3) is 0 Å². The fourth-order valence-corrected chi connectivity index (χ4v) is 3.66. The lowest BCUT2D eigenvalue weighted by atomic mass is 9.55. The van der Waals surface area contributed by atoms with Crippen LogP contribution in [0.4, 0.5) is 0 Å². The number of methoxy groups -OCH3 is 1. The zero-order chi connectivity index (χ0) is 15.8. The van der Waals surface area contributed by atoms with Crippen molar-refractivity contribution in [2.45, 2.75) is 39.7 Å². The lowest BCUT2D eigenvalue weighted by Gasteiger charge is -2.49. The van der Waals surface area contributed by atoms with Crippen molar-refractivity contribution in [3.8, 4) is 0 Å². The van der Waals surface area contributed by atoms with E-state index < -0.39 is 5.60 Å². The van der Waals surface area contributed by atoms with Crippen LogP contribution in [0.5, 0.6) is 0 Å². The summed E-state index contributed by atoms with van der Waals surface area (Å²) in [5.41, 5.74) is 1.16. The van der Waals surface area contributed by atoms with Crippen LogP contribution in [-0.4, -0.2) is 23.6 Å². The molecule has 1 N–H and O–H groups in total. The monoisotopic (exact) mass is 290 g/mol. The van der Waals surface area contributed by atoms with Crippen LogP contribution in [0.25, 0.3) is 0 Å². The average molecular weight is 290 g/mol. The maximum atomic E-state index is 12.7. The Kier molecular flexibility index (Phi) is 4.43. The number of fused-ring (bicyclic) bond motifs is 2. The van der Waals surface area contributed by atoms with E-state index in [9.17, 15) is 9.90 Å². The predicted octanol–water partition coefficient (Wildman–Crippen LogP) is 3.26. The molecule has 0 aromatic rings. The second-order valence-corrected chi connectivity index (χ2v) is 6.73. The number of rotatable bonds is 4. The fourth-order valence-electron chi connectivity index (χ4n) is 3.66. The number of carbonyl (C=O) groups is 1. The molecule has 0 spiro atoms. The van der Waals surface area contributed by atoms with Crippen LogP contribution in [0.15, 0.2) is 35.6 Å². The van der Waals surface area contributed by atoms with Crippen LogP contribution in [0.2, 0.25) is 0 Å². The lowest BCUT2D eigenvalue weighted by molar-refractivity contribution is -0.152. The molecule has 21 heavy (non-hydrogen) atoms. The van der Waals surface area contributed by atoms with E-state index in [2.05, 4.69) is 26.8 Å². The molecular weight excluding hydrogens is 264 g/mol. The summed E-state index contributed by atoms with van der Waals surface area (Å²) >= 11 is 0. The molecule has 0 aliphatic heterocycles. The molecule has 0 aromatic carbocycles. The minimum Gasteiger partial charge on any atom is -0.504 e. The summed E-state index contributed by atoms with van der Waals surface area (Å²) < 4.78 is 4.91. The lowest BCUT2D eigenvalue weighted by Crippen LogP contribution is -2.57. The number of hydrogen-bond acceptors (Lipinski definition) is 3. The van der Waals surface area contributed by atoms with Crippen LogP contribution in [0.3, 0.4) is 0 Å². The number of hydrogen-bond donors (Lipinski definition) is 1. The molecule has 0 heterocycles. The van der Waals surface area contributed by atoms with Gasteiger partial charge in [-0.15, -0.1) is 0 Å². The molecule has 0 aromatic heterocycles. The van der Waals surface area contributed by atoms with E-state index in [1.54, 1.807) is 20.3 Å². The Bertz CT molecular complexity index is 509. The Morgan fingerprint density at radius 3 is 2.71 bits per heavy atom. The van der Waals surface area contributed by atoms with E-state index in [1.165, 1.54) is 11.1 Å². The summed E-state index contributed by atoms with van der Waals surface area (Å²) in [6.45, 7) is 7.97. The third-order valence-electron chi connectivity index (χ3n) is 4.99. The zero-order valence-corrected chi connectivity index (χ0v) is 13.6. The molecule has 3 rings (SSSR count). The fraction of sp³-hybridized carbons (Fsp3) is 0.611. The van der Waals surface area contributed by atoms with Gasteiger partial charge in [-0.25, -0.2) is 0 Å². The highest BCUT2D eigenvalue weighted by Crippen LogP contribution is 2.51. The van der Waals surface area contributed by atoms with Gasteiger partial charge in [-0.2, -0.15) is 0 Å². The average Bonchev–Trinajstić information content (AvgIpc) is 2.43. The normalized spacial score (nSPS) is 36.5. The highest BCUT2D eigenvalue weighted by molar-refractivity contribution is 5.94. The number of ether oxygens (including phenoxy) is 1. The minimum atomic E-state index is -1.21. The molecule has 4 atom stereocenters. The topological polar surface area (TPSA) is 46.5 Å². The van der Waals surface area contributed by atoms with Crippen LogP contribution < -0.4 is 0 Å². The Morgan fingerprint density at radius 2 is 2.19 bits per heavy atom. The molecule has 3 aliphatic rings. The van der Waals surface area contributed by atoms with Crippen molar-refractivity contribution < 1.29 is 14.6 Å². The van der Waals surface area contributed by atoms with Crippen molar-refractivity contribution in [3.63, 3.8) is 0 Å². The van der Waals surface area contributed by atoms with Crippen molar-refractivity contribution in [3.05, 3.63) is 35.6 Å². The van der Waals surface area contributed by atoms with Gasteiger partial charge >= 0.3 is 0 Å². The van der Waals surface area contributed by atoms with E-state index in [1.807, 2.05) is 12.2 Å². The van der Waals surface area contributed by atoms with Crippen LogP contribution in [-0.2, 0) is 9.53 Å². The van der Waals surface area contributed by atoms with Gasteiger partial charge in [-0.05, 0) is 38.2 Å². The standard InChI is InChI=1S/C18H26O3/c1-11(2)14-9-13-10-15(12(3)7-6-8-21-5)16(14)17(19)18(13,4)20/h6-9,11,13,15-16,20H,10H2,1-5H3/b8-6+,12-7+. The van der Waals surface area contributed by atoms with Gasteiger partial charge in [0.15, 0.2) is 5.78 Å². The predicted molar refractivity (Wildman–Crippen MR) is 83.5 cm³/mol. The third kappa shape index (κ3) is 2.71. The number of allylic oxidation sites excluding steroid dienone is 4. The molecule has 3 aliphatic carbocycles. The van der Waals surface area contributed by atoms with Crippen molar-refractivity contribution >= 4 is 5.78 Å². The maximum absolute atomic E-state index is 12.7. The van der Waals surface area contributed by atoms with Crippen LogP contribution in [0.1, 0.15) is 34.1 Å². The number of ketones is 1. The van der Waals surface area contributed by atoms with Gasteiger partial charge in [-0.1, -0.05) is 37.1 Å². The first-order valence-electron chi connectivity index (χ1n) is 7.65. The van der Waals surface area contributed by atoms with Crippen molar-refractivity contribution in [1.29, 1.82) is 0 Å². The Morgan fingerprint density at radius 1 is 1.52 bits per heavy atom. The van der Waals surface area contributed by atoms with Crippen LogP contribution >= 0.6 is 0 Å². The van der Waals surface area contributed by atoms with Crippen LogP contribution in [0, 0.1) is 23.7 Å². The van der Waals surface area contributed by atoms with E-state index in [4.69, 9.17) is 4.74 Å². The van der Waals surface area contributed by atoms with Gasteiger partial charge in [0.1, 0.15) is 5.60 Å². The van der Waals surface area contributed by atoms with Gasteiger partial charge in [0, 0.05) is 11.8 Å². The van der Waals surface area contributed by atoms with Crippen molar-refractivity contribution in [2.24, 2.45) is 23.7 Å². The molecule has 3 heteroatoms. The summed E-state index contributed by atoms with van der Waals surface area (Å²) in [5.74, 6) is 0.247. The Hall–Kier alpha value is -1.35. The van der Waals surface area contributed by atoms with E-state index >= 15 is 0 Å². The first-order chi connectivity index (χ1) is 9.80. The Labute approximate surface area is 127 Å². The smallest absolute Gasteiger partial charge is 0.172 e. The first kappa shape index (κ1) is 16.0. The molecule has 1 saturated carbocycles. The molecule has 116 valence electrons. The number of Topliss-reactive ketones (excluding diaryl/α,β-unsaturated/α-hetero) is 1. The largest absolute Gasteiger partial charge is 0.504 e. The van der Waals surface area contributed by atoms with Gasteiger partial charge in [0.2, 0.25) is 0 Å². The zero-order valence-electron chi connectivity index (χ0n) is 13.6. The molecule has 0 radical (unpaired) electrons. The Balaban J connectivity index is 2.37. The molecule has 0 amide bonds. The molecular formula is C18H26O3. The summed E-state index contributed by atoms with van der Waals surface area (Å²) in [6.07, 6.45) is 8.48. The molecule has 2 bridgehead atoms. The first-order valence-corrected chi connectivity index (χ1v) is 7.65. The summed E-state index contributed by atoms with van der Waals surface area (Å²) in [6, 6.07) is 0. The van der Waals surface area contributed by atoms with E-state index in [-0.39, 0.29) is 23.5 Å². The quantitative estimate of drug-likeness (QED) is 0.491. The molecule has 1 fully saturated rings. The minimum absolute atomic E-state index is 0.0154. The van der Waals surface area contributed by atoms with Crippen molar-refractivity contribution in [1.82, 2.24) is 0 Å². The second-order valence-electron chi connectivity index (χ2n) is 6.73. The summed E-state index contributed by atoms with van der Waals surface area (Å²) in [4.78, 5) is 12.7. The molecule has 3 nitrogen and oxygen atoms in total. The summed E-state index contributed by atoms with van der Waals surface area (Å²) in [5, 5.41) is 10.5.